The highest BCUT2D eigenvalue weighted by Gasteiger charge is 2.38. The van der Waals surface area contributed by atoms with Crippen molar-refractivity contribution in [3.8, 4) is 0 Å². The molecule has 0 N–H and O–H groups in total. The standard InChI is InChI=1S/C29H53B/c1-7-11-12-16-24(10-4)28(26-18-19-29(6,30)21-26)27(23(9-3)14-8-2)25-17-13-15-22(5)20-25/h22-26H,7-21H2,1-6H3/b28-27+. The number of unbranched alkanes of at least 4 members (excludes halogenated alkanes) is 2. The summed E-state index contributed by atoms with van der Waals surface area (Å²) in [7, 11) is 6.71. The second-order valence-electron chi connectivity index (χ2n) is 11.5. The molecule has 2 saturated carbocycles. The Balaban J connectivity index is 2.52. The number of allylic oxidation sites excluding steroid dienone is 2. The Morgan fingerprint density at radius 2 is 1.53 bits per heavy atom. The summed E-state index contributed by atoms with van der Waals surface area (Å²) in [5.41, 5.74) is 3.92. The molecule has 6 atom stereocenters. The van der Waals surface area contributed by atoms with E-state index in [2.05, 4.69) is 41.5 Å². The van der Waals surface area contributed by atoms with Crippen LogP contribution in [-0.4, -0.2) is 7.85 Å². The zero-order valence-electron chi connectivity index (χ0n) is 21.6. The van der Waals surface area contributed by atoms with E-state index in [-0.39, 0.29) is 5.31 Å². The van der Waals surface area contributed by atoms with E-state index < -0.39 is 0 Å². The van der Waals surface area contributed by atoms with Gasteiger partial charge in [0.25, 0.3) is 0 Å². The molecule has 0 nitrogen and oxygen atoms in total. The van der Waals surface area contributed by atoms with E-state index in [0.717, 1.165) is 29.6 Å². The van der Waals surface area contributed by atoms with Crippen molar-refractivity contribution in [2.45, 2.75) is 143 Å². The molecular formula is C29H53B. The van der Waals surface area contributed by atoms with Crippen LogP contribution < -0.4 is 0 Å². The summed E-state index contributed by atoms with van der Waals surface area (Å²) >= 11 is 0. The van der Waals surface area contributed by atoms with Crippen molar-refractivity contribution >= 4 is 7.85 Å². The molecule has 2 radical (unpaired) electrons. The third kappa shape index (κ3) is 7.16. The van der Waals surface area contributed by atoms with Crippen LogP contribution in [0, 0.1) is 29.6 Å². The Morgan fingerprint density at radius 1 is 0.867 bits per heavy atom. The van der Waals surface area contributed by atoms with E-state index in [9.17, 15) is 0 Å². The SMILES string of the molecule is [B]C1(C)CCC(/C(=C(\C(CC)CCC)C2CCCC(C)C2)C(CC)CCCCC)C1. The molecule has 1 heteroatoms. The minimum Gasteiger partial charge on any atom is -0.0683 e. The predicted molar refractivity (Wildman–Crippen MR) is 136 cm³/mol. The molecule has 172 valence electrons. The largest absolute Gasteiger partial charge is 0.0742 e. The number of hydrogen-bond donors (Lipinski definition) is 0. The van der Waals surface area contributed by atoms with Gasteiger partial charge in [-0.3, -0.25) is 0 Å². The Labute approximate surface area is 191 Å². The van der Waals surface area contributed by atoms with Crippen molar-refractivity contribution in [1.82, 2.24) is 0 Å². The number of rotatable bonds is 12. The summed E-state index contributed by atoms with van der Waals surface area (Å²) in [6, 6.07) is 0. The van der Waals surface area contributed by atoms with Crippen LogP contribution in [0.2, 0.25) is 5.31 Å². The summed E-state index contributed by atoms with van der Waals surface area (Å²) in [4.78, 5) is 0. The van der Waals surface area contributed by atoms with Crippen LogP contribution in [0.15, 0.2) is 11.1 Å². The third-order valence-corrected chi connectivity index (χ3v) is 8.58. The van der Waals surface area contributed by atoms with E-state index in [1.54, 1.807) is 0 Å². The fourth-order valence-corrected chi connectivity index (χ4v) is 7.01. The molecule has 0 aromatic rings. The Hall–Kier alpha value is -0.195. The van der Waals surface area contributed by atoms with Gasteiger partial charge in [-0.1, -0.05) is 103 Å². The average Bonchev–Trinajstić information content (AvgIpc) is 3.08. The van der Waals surface area contributed by atoms with Gasteiger partial charge < -0.3 is 0 Å². The molecular weight excluding hydrogens is 359 g/mol. The second-order valence-corrected chi connectivity index (χ2v) is 11.5. The molecule has 2 rings (SSSR count). The van der Waals surface area contributed by atoms with Crippen LogP contribution in [0.3, 0.4) is 0 Å². The summed E-state index contributed by atoms with van der Waals surface area (Å²) in [5.74, 6) is 4.12. The van der Waals surface area contributed by atoms with E-state index in [0.29, 0.717) is 0 Å². The maximum atomic E-state index is 6.71. The van der Waals surface area contributed by atoms with Gasteiger partial charge in [-0.25, -0.2) is 0 Å². The summed E-state index contributed by atoms with van der Waals surface area (Å²) in [6.45, 7) is 14.5. The predicted octanol–water partition coefficient (Wildman–Crippen LogP) is 9.69. The topological polar surface area (TPSA) is 0 Å². The zero-order chi connectivity index (χ0) is 22.1. The van der Waals surface area contributed by atoms with Gasteiger partial charge in [-0.2, -0.15) is 0 Å². The number of hydrogen-bond acceptors (Lipinski definition) is 0. The first-order valence-electron chi connectivity index (χ1n) is 13.9. The van der Waals surface area contributed by atoms with Crippen LogP contribution in [0.4, 0.5) is 0 Å². The molecule has 0 bridgehead atoms. The van der Waals surface area contributed by atoms with Crippen LogP contribution in [0.5, 0.6) is 0 Å². The molecule has 0 saturated heterocycles. The first-order valence-corrected chi connectivity index (χ1v) is 13.9. The van der Waals surface area contributed by atoms with Gasteiger partial charge in [0.1, 0.15) is 0 Å². The van der Waals surface area contributed by atoms with Gasteiger partial charge in [-0.05, 0) is 81.0 Å². The van der Waals surface area contributed by atoms with Crippen LogP contribution in [-0.2, 0) is 0 Å². The highest BCUT2D eigenvalue weighted by Crippen LogP contribution is 2.53. The van der Waals surface area contributed by atoms with Crippen molar-refractivity contribution in [2.24, 2.45) is 29.6 Å². The summed E-state index contributed by atoms with van der Waals surface area (Å²) in [6.07, 6.45) is 20.5. The highest BCUT2D eigenvalue weighted by molar-refractivity contribution is 6.15. The molecule has 0 spiro atoms. The minimum absolute atomic E-state index is 0.0507. The lowest BCUT2D eigenvalue weighted by molar-refractivity contribution is 0.280. The van der Waals surface area contributed by atoms with Gasteiger partial charge in [0.05, 0.1) is 7.85 Å². The molecule has 30 heavy (non-hydrogen) atoms. The first kappa shape index (κ1) is 26.1. The van der Waals surface area contributed by atoms with E-state index >= 15 is 0 Å². The van der Waals surface area contributed by atoms with Gasteiger partial charge in [0.2, 0.25) is 0 Å². The molecule has 6 unspecified atom stereocenters. The van der Waals surface area contributed by atoms with E-state index in [1.807, 2.05) is 11.1 Å². The average molecular weight is 413 g/mol. The fraction of sp³-hybridized carbons (Fsp3) is 0.931. The minimum atomic E-state index is 0.0507. The van der Waals surface area contributed by atoms with E-state index in [4.69, 9.17) is 7.85 Å². The molecule has 2 aliphatic carbocycles. The van der Waals surface area contributed by atoms with Crippen LogP contribution in [0.25, 0.3) is 0 Å². The molecule has 2 aliphatic rings. The smallest absolute Gasteiger partial charge is 0.0683 e. The Kier molecular flexibility index (Phi) is 11.1. The monoisotopic (exact) mass is 412 g/mol. The maximum absolute atomic E-state index is 6.71. The quantitative estimate of drug-likeness (QED) is 0.170. The molecule has 0 amide bonds. The lowest BCUT2D eigenvalue weighted by Gasteiger charge is -2.39. The van der Waals surface area contributed by atoms with Crippen molar-refractivity contribution < 1.29 is 0 Å². The Bertz CT molecular complexity index is 516. The molecule has 0 aliphatic heterocycles. The molecule has 0 heterocycles. The van der Waals surface area contributed by atoms with Crippen LogP contribution in [0.1, 0.15) is 138 Å². The molecule has 0 aromatic carbocycles. The van der Waals surface area contributed by atoms with Crippen molar-refractivity contribution in [3.05, 3.63) is 11.1 Å². The van der Waals surface area contributed by atoms with Crippen molar-refractivity contribution in [3.63, 3.8) is 0 Å². The van der Waals surface area contributed by atoms with E-state index in [1.165, 1.54) is 96.3 Å². The lowest BCUT2D eigenvalue weighted by Crippen LogP contribution is -2.26. The van der Waals surface area contributed by atoms with Crippen molar-refractivity contribution in [1.29, 1.82) is 0 Å². The fourth-order valence-electron chi connectivity index (χ4n) is 7.01. The highest BCUT2D eigenvalue weighted by atomic mass is 14.4. The second kappa shape index (κ2) is 12.7. The third-order valence-electron chi connectivity index (χ3n) is 8.58. The van der Waals surface area contributed by atoms with Gasteiger partial charge >= 0.3 is 0 Å². The Morgan fingerprint density at radius 3 is 2.07 bits per heavy atom. The molecule has 0 aromatic heterocycles. The zero-order valence-corrected chi connectivity index (χ0v) is 21.6. The first-order chi connectivity index (χ1) is 14.4. The van der Waals surface area contributed by atoms with Gasteiger partial charge in [0, 0.05) is 0 Å². The van der Waals surface area contributed by atoms with Crippen LogP contribution >= 0.6 is 0 Å². The summed E-state index contributed by atoms with van der Waals surface area (Å²) < 4.78 is 0. The van der Waals surface area contributed by atoms with Gasteiger partial charge in [-0.15, -0.1) is 0 Å². The maximum Gasteiger partial charge on any atom is 0.0742 e. The molecule has 2 fully saturated rings. The van der Waals surface area contributed by atoms with Crippen molar-refractivity contribution in [2.75, 3.05) is 0 Å². The normalized spacial score (nSPS) is 32.7. The van der Waals surface area contributed by atoms with Gasteiger partial charge in [0.15, 0.2) is 0 Å². The summed E-state index contributed by atoms with van der Waals surface area (Å²) in [5, 5.41) is 0.0507. The lowest BCUT2D eigenvalue weighted by atomic mass is 9.65.